The summed E-state index contributed by atoms with van der Waals surface area (Å²) in [6.07, 6.45) is 0.792. The lowest BCUT2D eigenvalue weighted by atomic mass is 10.1. The van der Waals surface area contributed by atoms with Crippen LogP contribution in [-0.2, 0) is 11.2 Å². The third kappa shape index (κ3) is 3.78. The molecule has 1 rings (SSSR count). The predicted octanol–water partition coefficient (Wildman–Crippen LogP) is -0.108. The van der Waals surface area contributed by atoms with Crippen molar-refractivity contribution >= 4 is 17.3 Å². The van der Waals surface area contributed by atoms with E-state index in [1.807, 2.05) is 0 Å². The lowest BCUT2D eigenvalue weighted by molar-refractivity contribution is -0.120. The molecule has 0 unspecified atom stereocenters. The summed E-state index contributed by atoms with van der Waals surface area (Å²) in [5.74, 6) is -0.107. The molecule has 6 N–H and O–H groups in total. The highest BCUT2D eigenvalue weighted by atomic mass is 16.3. The molecule has 0 spiro atoms. The van der Waals surface area contributed by atoms with Gasteiger partial charge in [-0.2, -0.15) is 0 Å². The first-order valence-corrected chi connectivity index (χ1v) is 5.15. The van der Waals surface area contributed by atoms with Gasteiger partial charge in [-0.25, -0.2) is 0 Å². The lowest BCUT2D eigenvalue weighted by Crippen LogP contribution is -2.26. The Morgan fingerprint density at radius 3 is 2.75 bits per heavy atom. The van der Waals surface area contributed by atoms with Crippen LogP contribution < -0.4 is 16.8 Å². The van der Waals surface area contributed by atoms with E-state index in [2.05, 4.69) is 5.32 Å². The Morgan fingerprint density at radius 2 is 2.12 bits per heavy atom. The van der Waals surface area contributed by atoms with E-state index >= 15 is 0 Å². The molecule has 0 aliphatic carbocycles. The summed E-state index contributed by atoms with van der Waals surface area (Å²) in [5.41, 5.74) is 13.1. The Bertz CT molecular complexity index is 366. The number of nitrogens with one attached hydrogen (secondary N) is 1. The molecule has 1 aromatic carbocycles. The van der Waals surface area contributed by atoms with Gasteiger partial charge in [0.05, 0.1) is 6.42 Å². The summed E-state index contributed by atoms with van der Waals surface area (Å²) in [6.45, 7) is 0.550. The SMILES string of the molecule is Nc1ccc(CC(=O)NCCCO)c(N)c1. The van der Waals surface area contributed by atoms with E-state index in [1.54, 1.807) is 18.2 Å². The Kier molecular flexibility index (Phi) is 4.60. The van der Waals surface area contributed by atoms with Gasteiger partial charge in [-0.3, -0.25) is 4.79 Å². The highest BCUT2D eigenvalue weighted by Gasteiger charge is 2.05. The number of nitrogens with two attached hydrogens (primary N) is 2. The van der Waals surface area contributed by atoms with Crippen molar-refractivity contribution in [3.63, 3.8) is 0 Å². The van der Waals surface area contributed by atoms with Gasteiger partial charge < -0.3 is 21.9 Å². The number of rotatable bonds is 5. The van der Waals surface area contributed by atoms with Gasteiger partial charge in [0.1, 0.15) is 0 Å². The summed E-state index contributed by atoms with van der Waals surface area (Å²) < 4.78 is 0. The first kappa shape index (κ1) is 12.3. The molecule has 0 radical (unpaired) electrons. The molecule has 0 aliphatic rings. The van der Waals surface area contributed by atoms with Gasteiger partial charge in [0.15, 0.2) is 0 Å². The van der Waals surface area contributed by atoms with Crippen LogP contribution in [0.4, 0.5) is 11.4 Å². The van der Waals surface area contributed by atoms with E-state index in [0.29, 0.717) is 24.3 Å². The summed E-state index contributed by atoms with van der Waals surface area (Å²) in [4.78, 5) is 11.4. The molecule has 0 heterocycles. The summed E-state index contributed by atoms with van der Waals surface area (Å²) in [5, 5.41) is 11.2. The minimum atomic E-state index is -0.107. The molecule has 0 bridgehead atoms. The normalized spacial score (nSPS) is 10.1. The fourth-order valence-electron chi connectivity index (χ4n) is 1.32. The number of hydrogen-bond donors (Lipinski definition) is 4. The standard InChI is InChI=1S/C11H17N3O2/c12-9-3-2-8(10(13)7-9)6-11(16)14-4-1-5-15/h2-3,7,15H,1,4-6,12-13H2,(H,14,16). The number of carbonyl (C=O) groups is 1. The van der Waals surface area contributed by atoms with Crippen molar-refractivity contribution in [2.24, 2.45) is 0 Å². The second-order valence-electron chi connectivity index (χ2n) is 3.56. The van der Waals surface area contributed by atoms with Gasteiger partial charge in [0, 0.05) is 24.5 Å². The zero-order valence-corrected chi connectivity index (χ0v) is 9.07. The van der Waals surface area contributed by atoms with Crippen molar-refractivity contribution in [1.82, 2.24) is 5.32 Å². The van der Waals surface area contributed by atoms with E-state index < -0.39 is 0 Å². The largest absolute Gasteiger partial charge is 0.399 e. The Balaban J connectivity index is 2.49. The second kappa shape index (κ2) is 5.97. The number of benzene rings is 1. The highest BCUT2D eigenvalue weighted by molar-refractivity contribution is 5.80. The van der Waals surface area contributed by atoms with Crippen LogP contribution >= 0.6 is 0 Å². The molecule has 0 aliphatic heterocycles. The zero-order valence-electron chi connectivity index (χ0n) is 9.07. The minimum absolute atomic E-state index is 0.0737. The van der Waals surface area contributed by atoms with Crippen LogP contribution in [0.1, 0.15) is 12.0 Å². The van der Waals surface area contributed by atoms with Gasteiger partial charge in [-0.1, -0.05) is 6.07 Å². The fraction of sp³-hybridized carbons (Fsp3) is 0.364. The van der Waals surface area contributed by atoms with E-state index in [-0.39, 0.29) is 18.9 Å². The van der Waals surface area contributed by atoms with Crippen molar-refractivity contribution in [2.45, 2.75) is 12.8 Å². The van der Waals surface area contributed by atoms with Crippen LogP contribution in [0, 0.1) is 0 Å². The number of nitrogen functional groups attached to an aromatic ring is 2. The predicted molar refractivity (Wildman–Crippen MR) is 63.7 cm³/mol. The third-order valence-corrected chi connectivity index (χ3v) is 2.18. The van der Waals surface area contributed by atoms with Gasteiger partial charge in [0.2, 0.25) is 5.91 Å². The molecule has 16 heavy (non-hydrogen) atoms. The molecule has 1 amide bonds. The third-order valence-electron chi connectivity index (χ3n) is 2.18. The summed E-state index contributed by atoms with van der Waals surface area (Å²) in [7, 11) is 0. The number of anilines is 2. The number of hydrogen-bond acceptors (Lipinski definition) is 4. The molecule has 0 aromatic heterocycles. The maximum Gasteiger partial charge on any atom is 0.224 e. The molecule has 0 saturated heterocycles. The Hall–Kier alpha value is -1.75. The first-order valence-electron chi connectivity index (χ1n) is 5.15. The van der Waals surface area contributed by atoms with E-state index in [4.69, 9.17) is 16.6 Å². The van der Waals surface area contributed by atoms with Crippen LogP contribution in [0.5, 0.6) is 0 Å². The Morgan fingerprint density at radius 1 is 1.38 bits per heavy atom. The molecular weight excluding hydrogens is 206 g/mol. The van der Waals surface area contributed by atoms with E-state index in [1.165, 1.54) is 0 Å². The molecule has 0 fully saturated rings. The number of aliphatic hydroxyl groups is 1. The number of amides is 1. The zero-order chi connectivity index (χ0) is 12.0. The van der Waals surface area contributed by atoms with Crippen LogP contribution in [0.15, 0.2) is 18.2 Å². The lowest BCUT2D eigenvalue weighted by Gasteiger charge is -2.07. The summed E-state index contributed by atoms with van der Waals surface area (Å²) >= 11 is 0. The maximum absolute atomic E-state index is 11.4. The Labute approximate surface area is 94.4 Å². The van der Waals surface area contributed by atoms with Crippen molar-refractivity contribution < 1.29 is 9.90 Å². The van der Waals surface area contributed by atoms with Crippen LogP contribution in [0.3, 0.4) is 0 Å². The monoisotopic (exact) mass is 223 g/mol. The van der Waals surface area contributed by atoms with Crippen LogP contribution in [0.2, 0.25) is 0 Å². The van der Waals surface area contributed by atoms with Crippen molar-refractivity contribution in [3.05, 3.63) is 23.8 Å². The topological polar surface area (TPSA) is 101 Å². The minimum Gasteiger partial charge on any atom is -0.399 e. The number of aliphatic hydroxyl groups excluding tert-OH is 1. The van der Waals surface area contributed by atoms with Gasteiger partial charge in [0.25, 0.3) is 0 Å². The fourth-order valence-corrected chi connectivity index (χ4v) is 1.32. The highest BCUT2D eigenvalue weighted by Crippen LogP contribution is 2.15. The van der Waals surface area contributed by atoms with Gasteiger partial charge >= 0.3 is 0 Å². The smallest absolute Gasteiger partial charge is 0.224 e. The van der Waals surface area contributed by atoms with Crippen molar-refractivity contribution in [3.8, 4) is 0 Å². The molecular formula is C11H17N3O2. The molecule has 0 atom stereocenters. The molecule has 5 nitrogen and oxygen atoms in total. The van der Waals surface area contributed by atoms with Crippen LogP contribution in [-0.4, -0.2) is 24.2 Å². The van der Waals surface area contributed by atoms with Gasteiger partial charge in [-0.05, 0) is 24.1 Å². The van der Waals surface area contributed by atoms with Crippen molar-refractivity contribution in [2.75, 3.05) is 24.6 Å². The van der Waals surface area contributed by atoms with Gasteiger partial charge in [-0.15, -0.1) is 0 Å². The van der Waals surface area contributed by atoms with E-state index in [0.717, 1.165) is 5.56 Å². The first-order chi connectivity index (χ1) is 7.63. The van der Waals surface area contributed by atoms with E-state index in [9.17, 15) is 4.79 Å². The molecule has 0 saturated carbocycles. The summed E-state index contributed by atoms with van der Waals surface area (Å²) in [6, 6.07) is 5.10. The quantitative estimate of drug-likeness (QED) is 0.413. The van der Waals surface area contributed by atoms with Crippen LogP contribution in [0.25, 0.3) is 0 Å². The van der Waals surface area contributed by atoms with Crippen molar-refractivity contribution in [1.29, 1.82) is 0 Å². The molecule has 1 aromatic rings. The maximum atomic E-state index is 11.4. The number of carbonyl (C=O) groups excluding carboxylic acids is 1. The average Bonchev–Trinajstić information content (AvgIpc) is 2.23. The second-order valence-corrected chi connectivity index (χ2v) is 3.56. The average molecular weight is 223 g/mol. The molecule has 5 heteroatoms. The molecule has 88 valence electrons.